The SMILES string of the molecule is COC(=O)CC[C@@H](C)[C@H]1CCC2C3C(CC[C@@]21C)[C@@]1(C)CC[C@@H](O)C[C@H]1C[C@H]3O. The van der Waals surface area contributed by atoms with Gasteiger partial charge in [0.15, 0.2) is 0 Å². The molecule has 0 aromatic heterocycles. The van der Waals surface area contributed by atoms with Crippen LogP contribution in [0.1, 0.15) is 85.0 Å². The van der Waals surface area contributed by atoms with Crippen LogP contribution in [0.5, 0.6) is 0 Å². The average Bonchev–Trinajstić information content (AvgIpc) is 3.04. The smallest absolute Gasteiger partial charge is 0.305 e. The van der Waals surface area contributed by atoms with Crippen molar-refractivity contribution in [2.75, 3.05) is 7.11 Å². The fourth-order valence-electron chi connectivity index (χ4n) is 8.82. The van der Waals surface area contributed by atoms with Crippen LogP contribution in [0, 0.1) is 46.3 Å². The Hall–Kier alpha value is -0.610. The maximum absolute atomic E-state index is 11.6. The van der Waals surface area contributed by atoms with E-state index in [2.05, 4.69) is 20.8 Å². The van der Waals surface area contributed by atoms with Gasteiger partial charge in [-0.2, -0.15) is 0 Å². The van der Waals surface area contributed by atoms with Crippen molar-refractivity contribution < 1.29 is 19.7 Å². The van der Waals surface area contributed by atoms with Crippen LogP contribution in [0.2, 0.25) is 0 Å². The second kappa shape index (κ2) is 7.82. The van der Waals surface area contributed by atoms with E-state index in [1.54, 1.807) is 0 Å². The fraction of sp³-hybridized carbons (Fsp3) is 0.960. The van der Waals surface area contributed by atoms with Gasteiger partial charge in [0.1, 0.15) is 0 Å². The zero-order valence-corrected chi connectivity index (χ0v) is 18.9. The average molecular weight is 407 g/mol. The van der Waals surface area contributed by atoms with Crippen LogP contribution in [-0.4, -0.2) is 35.5 Å². The summed E-state index contributed by atoms with van der Waals surface area (Å²) >= 11 is 0. The quantitative estimate of drug-likeness (QED) is 0.671. The predicted molar refractivity (Wildman–Crippen MR) is 113 cm³/mol. The molecule has 0 amide bonds. The van der Waals surface area contributed by atoms with Gasteiger partial charge in [-0.05, 0) is 104 Å². The van der Waals surface area contributed by atoms with Gasteiger partial charge < -0.3 is 14.9 Å². The van der Waals surface area contributed by atoms with Crippen LogP contribution < -0.4 is 0 Å². The molecule has 4 heteroatoms. The standard InChI is InChI=1S/C25H42O4/c1-15(5-8-22(28)29-4)18-6-7-19-23-20(10-12-25(18,19)3)24(2)11-9-17(26)13-16(24)14-21(23)27/h15-21,23,26-27H,5-14H2,1-4H3/t15-,16+,17-,18-,19?,20?,21-,23?,24+,25-/m1/s1. The summed E-state index contributed by atoms with van der Waals surface area (Å²) in [6.45, 7) is 7.29. The Morgan fingerprint density at radius 1 is 1.03 bits per heavy atom. The lowest BCUT2D eigenvalue weighted by Crippen LogP contribution is -2.58. The van der Waals surface area contributed by atoms with Crippen LogP contribution >= 0.6 is 0 Å². The molecule has 4 nitrogen and oxygen atoms in total. The van der Waals surface area contributed by atoms with E-state index in [1.165, 1.54) is 32.8 Å². The summed E-state index contributed by atoms with van der Waals surface area (Å²) in [5.74, 6) is 3.17. The Bertz CT molecular complexity index is 620. The zero-order chi connectivity index (χ0) is 21.0. The molecule has 3 unspecified atom stereocenters. The number of methoxy groups -OCH3 is 1. The summed E-state index contributed by atoms with van der Waals surface area (Å²) < 4.78 is 4.86. The van der Waals surface area contributed by atoms with Crippen LogP contribution in [0.25, 0.3) is 0 Å². The highest BCUT2D eigenvalue weighted by atomic mass is 16.5. The molecule has 0 radical (unpaired) electrons. The van der Waals surface area contributed by atoms with Gasteiger partial charge >= 0.3 is 5.97 Å². The molecule has 0 saturated heterocycles. The summed E-state index contributed by atoms with van der Waals surface area (Å²) in [4.78, 5) is 11.6. The molecule has 0 bridgehead atoms. The fourth-order valence-corrected chi connectivity index (χ4v) is 8.82. The number of carbonyl (C=O) groups is 1. The first-order chi connectivity index (χ1) is 13.7. The molecule has 4 fully saturated rings. The highest BCUT2D eigenvalue weighted by Gasteiger charge is 2.62. The van der Waals surface area contributed by atoms with Crippen LogP contribution in [0.4, 0.5) is 0 Å². The summed E-state index contributed by atoms with van der Waals surface area (Å²) in [6.07, 6.45) is 9.80. The number of hydrogen-bond donors (Lipinski definition) is 2. The molecule has 0 aromatic carbocycles. The molecule has 29 heavy (non-hydrogen) atoms. The van der Waals surface area contributed by atoms with Crippen LogP contribution in [-0.2, 0) is 9.53 Å². The van der Waals surface area contributed by atoms with Gasteiger partial charge in [0.25, 0.3) is 0 Å². The molecule has 0 aromatic rings. The molecular formula is C25H42O4. The van der Waals surface area contributed by atoms with Crippen molar-refractivity contribution in [3.05, 3.63) is 0 Å². The van der Waals surface area contributed by atoms with E-state index in [-0.39, 0.29) is 23.6 Å². The Morgan fingerprint density at radius 2 is 1.72 bits per heavy atom. The maximum atomic E-state index is 11.6. The van der Waals surface area contributed by atoms with E-state index >= 15 is 0 Å². The van der Waals surface area contributed by atoms with Gasteiger partial charge in [-0.1, -0.05) is 20.8 Å². The number of fused-ring (bicyclic) bond motifs is 5. The monoisotopic (exact) mass is 406 g/mol. The van der Waals surface area contributed by atoms with Crippen molar-refractivity contribution in [1.82, 2.24) is 0 Å². The minimum absolute atomic E-state index is 0.0959. The third kappa shape index (κ3) is 3.46. The molecule has 2 N–H and O–H groups in total. The molecule has 166 valence electrons. The second-order valence-corrected chi connectivity index (χ2v) is 11.5. The molecule has 4 aliphatic rings. The predicted octanol–water partition coefficient (Wildman–Crippen LogP) is 4.57. The number of aliphatic hydroxyl groups is 2. The van der Waals surface area contributed by atoms with Crippen molar-refractivity contribution >= 4 is 5.97 Å². The van der Waals surface area contributed by atoms with E-state index < -0.39 is 0 Å². The van der Waals surface area contributed by atoms with Crippen molar-refractivity contribution in [3.8, 4) is 0 Å². The topological polar surface area (TPSA) is 66.8 Å². The highest BCUT2D eigenvalue weighted by molar-refractivity contribution is 5.69. The highest BCUT2D eigenvalue weighted by Crippen LogP contribution is 2.68. The molecule has 4 saturated carbocycles. The Kier molecular flexibility index (Phi) is 5.83. The van der Waals surface area contributed by atoms with Crippen LogP contribution in [0.3, 0.4) is 0 Å². The molecule has 0 aliphatic heterocycles. The third-order valence-corrected chi connectivity index (χ3v) is 10.4. The number of ether oxygens (including phenoxy) is 1. The third-order valence-electron chi connectivity index (χ3n) is 10.4. The van der Waals surface area contributed by atoms with E-state index in [0.29, 0.717) is 47.3 Å². The summed E-state index contributed by atoms with van der Waals surface area (Å²) in [6, 6.07) is 0. The molecular weight excluding hydrogens is 364 g/mol. The maximum Gasteiger partial charge on any atom is 0.305 e. The van der Waals surface area contributed by atoms with Crippen molar-refractivity contribution in [3.63, 3.8) is 0 Å². The van der Waals surface area contributed by atoms with Gasteiger partial charge in [0, 0.05) is 6.42 Å². The van der Waals surface area contributed by atoms with E-state index in [4.69, 9.17) is 4.74 Å². The first kappa shape index (κ1) is 21.6. The number of hydrogen-bond acceptors (Lipinski definition) is 4. The molecule has 10 atom stereocenters. The van der Waals surface area contributed by atoms with Crippen molar-refractivity contribution in [2.45, 2.75) is 97.2 Å². The van der Waals surface area contributed by atoms with Crippen LogP contribution in [0.15, 0.2) is 0 Å². The Balaban J connectivity index is 1.53. The Morgan fingerprint density at radius 3 is 2.45 bits per heavy atom. The van der Waals surface area contributed by atoms with Gasteiger partial charge in [-0.3, -0.25) is 4.79 Å². The largest absolute Gasteiger partial charge is 0.469 e. The molecule has 4 aliphatic carbocycles. The number of esters is 1. The molecule has 4 rings (SSSR count). The van der Waals surface area contributed by atoms with Gasteiger partial charge in [-0.15, -0.1) is 0 Å². The summed E-state index contributed by atoms with van der Waals surface area (Å²) in [7, 11) is 1.48. The molecule has 0 spiro atoms. The number of rotatable bonds is 4. The lowest BCUT2D eigenvalue weighted by atomic mass is 9.43. The second-order valence-electron chi connectivity index (χ2n) is 11.5. The lowest BCUT2D eigenvalue weighted by Gasteiger charge is -2.62. The van der Waals surface area contributed by atoms with E-state index in [0.717, 1.165) is 32.1 Å². The Labute approximate surface area is 176 Å². The summed E-state index contributed by atoms with van der Waals surface area (Å²) in [5.41, 5.74) is 0.577. The van der Waals surface area contributed by atoms with Gasteiger partial charge in [0.05, 0.1) is 19.3 Å². The van der Waals surface area contributed by atoms with E-state index in [9.17, 15) is 15.0 Å². The minimum Gasteiger partial charge on any atom is -0.469 e. The number of carbonyl (C=O) groups excluding carboxylic acids is 1. The van der Waals surface area contributed by atoms with Gasteiger partial charge in [-0.25, -0.2) is 0 Å². The molecule has 0 heterocycles. The zero-order valence-electron chi connectivity index (χ0n) is 18.9. The van der Waals surface area contributed by atoms with Crippen molar-refractivity contribution in [2.24, 2.45) is 46.3 Å². The van der Waals surface area contributed by atoms with Gasteiger partial charge in [0.2, 0.25) is 0 Å². The lowest BCUT2D eigenvalue weighted by molar-refractivity contribution is -0.174. The number of aliphatic hydroxyl groups excluding tert-OH is 2. The van der Waals surface area contributed by atoms with Crippen molar-refractivity contribution in [1.29, 1.82) is 0 Å². The first-order valence-electron chi connectivity index (χ1n) is 12.1. The minimum atomic E-state index is -0.211. The summed E-state index contributed by atoms with van der Waals surface area (Å²) in [5, 5.41) is 21.5. The first-order valence-corrected chi connectivity index (χ1v) is 12.1. The van der Waals surface area contributed by atoms with E-state index in [1.807, 2.05) is 0 Å². The normalized spacial score (nSPS) is 50.2.